The lowest BCUT2D eigenvalue weighted by Crippen LogP contribution is -2.68. The maximum absolute atomic E-state index is 12.7. The number of carbonyl (C=O) groups excluding carboxylic acids is 3. The number of esters is 1. The second kappa shape index (κ2) is 7.23. The molecule has 0 bridgehead atoms. The topological polar surface area (TPSA) is 101 Å². The highest BCUT2D eigenvalue weighted by molar-refractivity contribution is 5.93. The van der Waals surface area contributed by atoms with E-state index in [2.05, 4.69) is 6.92 Å². The number of aldehydes is 1. The molecule has 5 rings (SSSR count). The molecule has 8 atom stereocenters. The van der Waals surface area contributed by atoms with Gasteiger partial charge in [-0.2, -0.15) is 0 Å². The first-order valence-electron chi connectivity index (χ1n) is 12.4. The van der Waals surface area contributed by atoms with Crippen molar-refractivity contribution in [3.63, 3.8) is 0 Å². The Morgan fingerprint density at radius 1 is 1.06 bits per heavy atom. The van der Waals surface area contributed by atoms with Crippen LogP contribution in [0.2, 0.25) is 0 Å². The monoisotopic (exact) mass is 444 g/mol. The number of fused-ring (bicyclic) bond motifs is 5. The predicted molar refractivity (Wildman–Crippen MR) is 116 cm³/mol. The average Bonchev–Trinajstić information content (AvgIpc) is 3.27. The van der Waals surface area contributed by atoms with E-state index in [1.807, 2.05) is 6.08 Å². The molecule has 32 heavy (non-hydrogen) atoms. The normalized spacial score (nSPS) is 50.1. The van der Waals surface area contributed by atoms with Crippen molar-refractivity contribution in [2.45, 2.75) is 102 Å². The largest absolute Gasteiger partial charge is 0.462 e. The first kappa shape index (κ1) is 22.3. The second-order valence-corrected chi connectivity index (χ2v) is 11.6. The summed E-state index contributed by atoms with van der Waals surface area (Å²) in [4.78, 5) is 36.1. The second-order valence-electron chi connectivity index (χ2n) is 11.6. The van der Waals surface area contributed by atoms with E-state index in [9.17, 15) is 24.6 Å². The Labute approximate surface area is 189 Å². The highest BCUT2D eigenvalue weighted by atomic mass is 16.5. The highest BCUT2D eigenvalue weighted by Gasteiger charge is 2.71. The molecule has 176 valence electrons. The zero-order chi connectivity index (χ0) is 22.9. The smallest absolute Gasteiger partial charge is 0.302 e. The molecule has 5 aliphatic carbocycles. The minimum Gasteiger partial charge on any atom is -0.462 e. The van der Waals surface area contributed by atoms with Crippen LogP contribution >= 0.6 is 0 Å². The predicted octanol–water partition coefficient (Wildman–Crippen LogP) is 3.28. The van der Waals surface area contributed by atoms with Gasteiger partial charge in [-0.05, 0) is 81.6 Å². The minimum atomic E-state index is -1.20. The summed E-state index contributed by atoms with van der Waals surface area (Å²) in [6.07, 6.45) is 9.42. The molecular weight excluding hydrogens is 408 g/mol. The SMILES string of the molecule is CC(=O)OC1CCC2(C=O)[C@H]3CCC4(C)C(C5=CC(=O)CC5)CCC4(O)[C@@H]3CCC2(O)C1. The number of rotatable bonds is 3. The Bertz CT molecular complexity index is 880. The number of carbonyl (C=O) groups is 3. The van der Waals surface area contributed by atoms with E-state index >= 15 is 0 Å². The molecule has 4 fully saturated rings. The van der Waals surface area contributed by atoms with Crippen LogP contribution in [0.4, 0.5) is 0 Å². The lowest BCUT2D eigenvalue weighted by Gasteiger charge is -2.65. The van der Waals surface area contributed by atoms with E-state index in [0.717, 1.165) is 32.0 Å². The summed E-state index contributed by atoms with van der Waals surface area (Å²) >= 11 is 0. The Hall–Kier alpha value is -1.53. The van der Waals surface area contributed by atoms with E-state index in [-0.39, 0.29) is 41.0 Å². The molecule has 6 nitrogen and oxygen atoms in total. The van der Waals surface area contributed by atoms with Gasteiger partial charge < -0.3 is 19.7 Å². The van der Waals surface area contributed by atoms with Crippen LogP contribution in [-0.4, -0.2) is 45.6 Å². The molecule has 0 aliphatic heterocycles. The molecule has 0 aromatic rings. The van der Waals surface area contributed by atoms with Crippen molar-refractivity contribution in [1.82, 2.24) is 0 Å². The van der Waals surface area contributed by atoms with Crippen molar-refractivity contribution in [2.75, 3.05) is 0 Å². The molecule has 0 spiro atoms. The van der Waals surface area contributed by atoms with Crippen LogP contribution < -0.4 is 0 Å². The molecule has 0 saturated heterocycles. The van der Waals surface area contributed by atoms with Gasteiger partial charge in [0.1, 0.15) is 12.4 Å². The number of ketones is 1. The quantitative estimate of drug-likeness (QED) is 0.512. The van der Waals surface area contributed by atoms with Crippen LogP contribution in [0, 0.1) is 28.6 Å². The van der Waals surface area contributed by atoms with Crippen LogP contribution in [0.1, 0.15) is 84.5 Å². The van der Waals surface area contributed by atoms with Crippen molar-refractivity contribution in [3.8, 4) is 0 Å². The molecule has 4 saturated carbocycles. The summed E-state index contributed by atoms with van der Waals surface area (Å²) in [5, 5.41) is 24.0. The summed E-state index contributed by atoms with van der Waals surface area (Å²) in [7, 11) is 0. The fraction of sp³-hybridized carbons (Fsp3) is 0.808. The van der Waals surface area contributed by atoms with Gasteiger partial charge in [0.05, 0.1) is 16.6 Å². The molecule has 5 aliphatic rings. The average molecular weight is 445 g/mol. The van der Waals surface area contributed by atoms with Crippen LogP contribution in [0.3, 0.4) is 0 Å². The number of hydrogen-bond acceptors (Lipinski definition) is 6. The molecule has 0 amide bonds. The first-order chi connectivity index (χ1) is 15.1. The zero-order valence-electron chi connectivity index (χ0n) is 19.3. The van der Waals surface area contributed by atoms with Crippen molar-refractivity contribution in [1.29, 1.82) is 0 Å². The van der Waals surface area contributed by atoms with Gasteiger partial charge in [-0.15, -0.1) is 0 Å². The lowest BCUT2D eigenvalue weighted by atomic mass is 9.41. The van der Waals surface area contributed by atoms with Crippen molar-refractivity contribution in [3.05, 3.63) is 11.6 Å². The van der Waals surface area contributed by atoms with Crippen molar-refractivity contribution in [2.24, 2.45) is 28.6 Å². The standard InChI is InChI=1S/C26H36O6/c1-16(28)32-19-5-10-24(15-27)21-6-9-23(2)20(17-3-4-18(29)13-17)8-12-26(23,31)22(21)7-11-25(24,30)14-19/h13,15,19-22,30-31H,3-12,14H2,1-2H3/t19?,20?,21-,22+,23?,24?,25?,26?/m0/s1. The van der Waals surface area contributed by atoms with Gasteiger partial charge in [0.15, 0.2) is 5.78 Å². The van der Waals surface area contributed by atoms with Gasteiger partial charge in [0.25, 0.3) is 0 Å². The molecule has 0 aromatic heterocycles. The number of allylic oxidation sites excluding steroid dienone is 2. The van der Waals surface area contributed by atoms with Crippen LogP contribution in [0.5, 0.6) is 0 Å². The van der Waals surface area contributed by atoms with Crippen LogP contribution in [0.15, 0.2) is 11.6 Å². The molecule has 6 heteroatoms. The first-order valence-corrected chi connectivity index (χ1v) is 12.4. The van der Waals surface area contributed by atoms with E-state index in [1.165, 1.54) is 12.5 Å². The van der Waals surface area contributed by atoms with Gasteiger partial charge >= 0.3 is 5.97 Å². The fourth-order valence-electron chi connectivity index (χ4n) is 8.96. The van der Waals surface area contributed by atoms with Crippen LogP contribution in [-0.2, 0) is 19.1 Å². The van der Waals surface area contributed by atoms with Gasteiger partial charge in [0, 0.05) is 25.2 Å². The molecule has 2 N–H and O–H groups in total. The lowest BCUT2D eigenvalue weighted by molar-refractivity contribution is -0.249. The van der Waals surface area contributed by atoms with Gasteiger partial charge in [0.2, 0.25) is 0 Å². The molecular formula is C26H36O6. The van der Waals surface area contributed by atoms with Gasteiger partial charge in [-0.25, -0.2) is 0 Å². The third kappa shape index (κ3) is 2.81. The van der Waals surface area contributed by atoms with Gasteiger partial charge in [-0.1, -0.05) is 12.5 Å². The molecule has 0 radical (unpaired) electrons. The Kier molecular flexibility index (Phi) is 5.03. The van der Waals surface area contributed by atoms with E-state index < -0.39 is 16.6 Å². The maximum Gasteiger partial charge on any atom is 0.302 e. The van der Waals surface area contributed by atoms with Crippen molar-refractivity contribution < 1.29 is 29.3 Å². The summed E-state index contributed by atoms with van der Waals surface area (Å²) in [5.74, 6) is -0.0643. The third-order valence-electron chi connectivity index (χ3n) is 10.5. The Morgan fingerprint density at radius 2 is 1.81 bits per heavy atom. The Balaban J connectivity index is 1.46. The van der Waals surface area contributed by atoms with Crippen LogP contribution in [0.25, 0.3) is 0 Å². The summed E-state index contributed by atoms with van der Waals surface area (Å²) in [6, 6.07) is 0. The number of ether oxygens (including phenoxy) is 1. The van der Waals surface area contributed by atoms with Crippen molar-refractivity contribution >= 4 is 18.0 Å². The van der Waals surface area contributed by atoms with E-state index in [1.54, 1.807) is 0 Å². The van der Waals surface area contributed by atoms with E-state index in [4.69, 9.17) is 4.74 Å². The summed E-state index contributed by atoms with van der Waals surface area (Å²) in [5.41, 5.74) is -2.09. The zero-order valence-corrected chi connectivity index (χ0v) is 19.3. The molecule has 0 aromatic carbocycles. The maximum atomic E-state index is 12.7. The Morgan fingerprint density at radius 3 is 2.47 bits per heavy atom. The number of aliphatic hydroxyl groups is 2. The molecule has 0 heterocycles. The summed E-state index contributed by atoms with van der Waals surface area (Å²) in [6.45, 7) is 3.57. The van der Waals surface area contributed by atoms with Gasteiger partial charge in [-0.3, -0.25) is 9.59 Å². The third-order valence-corrected chi connectivity index (χ3v) is 10.5. The molecule has 6 unspecified atom stereocenters. The minimum absolute atomic E-state index is 0.0419. The highest BCUT2D eigenvalue weighted by Crippen LogP contribution is 2.70. The summed E-state index contributed by atoms with van der Waals surface area (Å²) < 4.78 is 5.42. The van der Waals surface area contributed by atoms with E-state index in [0.29, 0.717) is 44.9 Å². The fourth-order valence-corrected chi connectivity index (χ4v) is 8.96. The number of hydrogen-bond donors (Lipinski definition) is 2.